The topological polar surface area (TPSA) is 43.9 Å². The zero-order valence-electron chi connectivity index (χ0n) is 10.4. The van der Waals surface area contributed by atoms with Crippen LogP contribution in [0.4, 0.5) is 0 Å². The second kappa shape index (κ2) is 3.85. The number of benzene rings is 1. The van der Waals surface area contributed by atoms with E-state index in [-0.39, 0.29) is 0 Å². The summed E-state index contributed by atoms with van der Waals surface area (Å²) in [5.41, 5.74) is 4.65. The van der Waals surface area contributed by atoms with E-state index in [0.29, 0.717) is 5.02 Å². The van der Waals surface area contributed by atoms with Crippen LogP contribution in [0, 0.1) is 13.8 Å². The van der Waals surface area contributed by atoms with Crippen molar-refractivity contribution in [3.8, 4) is 11.1 Å². The quantitative estimate of drug-likeness (QED) is 0.673. The molecular weight excluding hydrogens is 250 g/mol. The van der Waals surface area contributed by atoms with Crippen LogP contribution in [0.2, 0.25) is 5.02 Å². The molecule has 18 heavy (non-hydrogen) atoms. The Hall–Kier alpha value is -1.81. The van der Waals surface area contributed by atoms with Gasteiger partial charge in [-0.15, -0.1) is 0 Å². The van der Waals surface area contributed by atoms with E-state index in [1.165, 1.54) is 0 Å². The van der Waals surface area contributed by atoms with E-state index in [1.54, 1.807) is 6.33 Å². The molecule has 2 heterocycles. The van der Waals surface area contributed by atoms with Crippen LogP contribution in [-0.2, 0) is 7.05 Å². The van der Waals surface area contributed by atoms with E-state index in [0.717, 1.165) is 33.6 Å². The van der Waals surface area contributed by atoms with Gasteiger partial charge in [0.15, 0.2) is 0 Å². The molecule has 0 unspecified atom stereocenters. The van der Waals surface area contributed by atoms with Crippen molar-refractivity contribution in [2.24, 2.45) is 7.05 Å². The number of hydrogen-bond donors (Lipinski definition) is 0. The second-order valence-electron chi connectivity index (χ2n) is 4.38. The average Bonchev–Trinajstić information content (AvgIpc) is 2.83. The van der Waals surface area contributed by atoms with Crippen molar-refractivity contribution in [1.82, 2.24) is 14.7 Å². The molecule has 0 amide bonds. The van der Waals surface area contributed by atoms with Crippen LogP contribution < -0.4 is 0 Å². The van der Waals surface area contributed by atoms with Gasteiger partial charge in [-0.25, -0.2) is 4.98 Å². The number of fused-ring (bicyclic) bond motifs is 1. The molecule has 0 aliphatic rings. The Balaban J connectivity index is 2.32. The maximum Gasteiger partial charge on any atom is 0.141 e. The molecule has 0 fully saturated rings. The van der Waals surface area contributed by atoms with E-state index < -0.39 is 0 Å². The summed E-state index contributed by atoms with van der Waals surface area (Å²) in [5.74, 6) is 0.791. The van der Waals surface area contributed by atoms with E-state index in [2.05, 4.69) is 10.1 Å². The molecule has 3 aromatic rings. The fourth-order valence-corrected chi connectivity index (χ4v) is 2.63. The van der Waals surface area contributed by atoms with Crippen molar-refractivity contribution in [3.63, 3.8) is 0 Å². The Morgan fingerprint density at radius 2 is 2.06 bits per heavy atom. The number of aromatic nitrogens is 3. The van der Waals surface area contributed by atoms with Gasteiger partial charge in [0.25, 0.3) is 0 Å². The van der Waals surface area contributed by atoms with Crippen molar-refractivity contribution in [1.29, 1.82) is 0 Å². The Kier molecular flexibility index (Phi) is 2.41. The first-order valence-corrected chi connectivity index (χ1v) is 5.99. The van der Waals surface area contributed by atoms with Gasteiger partial charge in [-0.2, -0.15) is 0 Å². The van der Waals surface area contributed by atoms with Crippen LogP contribution in [-0.4, -0.2) is 14.7 Å². The molecule has 0 N–H and O–H groups in total. The van der Waals surface area contributed by atoms with Crippen molar-refractivity contribution in [2.75, 3.05) is 0 Å². The molecule has 0 radical (unpaired) electrons. The number of halogens is 1. The summed E-state index contributed by atoms with van der Waals surface area (Å²) >= 11 is 6.32. The third kappa shape index (κ3) is 1.53. The highest BCUT2D eigenvalue weighted by atomic mass is 35.5. The number of imidazole rings is 1. The first-order valence-electron chi connectivity index (χ1n) is 5.61. The molecule has 0 saturated heterocycles. The lowest BCUT2D eigenvalue weighted by atomic mass is 10.0. The summed E-state index contributed by atoms with van der Waals surface area (Å²) in [5, 5.41) is 4.65. The third-order valence-corrected chi connectivity index (χ3v) is 3.38. The third-order valence-electron chi connectivity index (χ3n) is 3.09. The predicted octanol–water partition coefficient (Wildman–Crippen LogP) is 3.50. The molecule has 0 saturated carbocycles. The van der Waals surface area contributed by atoms with E-state index >= 15 is 0 Å². The van der Waals surface area contributed by atoms with Crippen molar-refractivity contribution in [3.05, 3.63) is 34.9 Å². The molecule has 92 valence electrons. The minimum Gasteiger partial charge on any atom is -0.361 e. The lowest BCUT2D eigenvalue weighted by Crippen LogP contribution is -1.87. The van der Waals surface area contributed by atoms with Crippen molar-refractivity contribution in [2.45, 2.75) is 13.8 Å². The largest absolute Gasteiger partial charge is 0.361 e. The SMILES string of the molecule is Cc1noc(C)c1-c1cc(Cl)c2c(c1)ncn2C. The first kappa shape index (κ1) is 11.3. The average molecular weight is 262 g/mol. The lowest BCUT2D eigenvalue weighted by Gasteiger charge is -2.03. The van der Waals surface area contributed by atoms with Gasteiger partial charge in [0.1, 0.15) is 5.76 Å². The Labute approximate surface area is 109 Å². The fourth-order valence-electron chi connectivity index (χ4n) is 2.28. The van der Waals surface area contributed by atoms with E-state index in [4.69, 9.17) is 16.1 Å². The number of hydrogen-bond acceptors (Lipinski definition) is 3. The number of rotatable bonds is 1. The summed E-state index contributed by atoms with van der Waals surface area (Å²) in [6.45, 7) is 3.81. The summed E-state index contributed by atoms with van der Waals surface area (Å²) in [7, 11) is 1.93. The van der Waals surface area contributed by atoms with Gasteiger partial charge in [0.05, 0.1) is 28.1 Å². The molecule has 2 aromatic heterocycles. The minimum atomic E-state index is 0.683. The summed E-state index contributed by atoms with van der Waals surface area (Å²) in [4.78, 5) is 4.34. The standard InChI is InChI=1S/C13H12ClN3O/c1-7-12(8(2)18-16-7)9-4-10(14)13-11(5-9)15-6-17(13)3/h4-6H,1-3H3. The van der Waals surface area contributed by atoms with E-state index in [9.17, 15) is 0 Å². The Morgan fingerprint density at radius 1 is 1.28 bits per heavy atom. The highest BCUT2D eigenvalue weighted by Crippen LogP contribution is 2.33. The maximum absolute atomic E-state index is 6.32. The highest BCUT2D eigenvalue weighted by Gasteiger charge is 2.14. The van der Waals surface area contributed by atoms with Gasteiger partial charge in [-0.1, -0.05) is 16.8 Å². The maximum atomic E-state index is 6.32. The molecule has 3 rings (SSSR count). The smallest absolute Gasteiger partial charge is 0.141 e. The van der Waals surface area contributed by atoms with Gasteiger partial charge in [0, 0.05) is 12.6 Å². The summed E-state index contributed by atoms with van der Waals surface area (Å²) in [6.07, 6.45) is 1.76. The second-order valence-corrected chi connectivity index (χ2v) is 4.79. The van der Waals surface area contributed by atoms with Gasteiger partial charge in [-0.3, -0.25) is 0 Å². The van der Waals surface area contributed by atoms with Crippen LogP contribution in [0.5, 0.6) is 0 Å². The zero-order chi connectivity index (χ0) is 12.9. The van der Waals surface area contributed by atoms with Crippen LogP contribution in [0.3, 0.4) is 0 Å². The van der Waals surface area contributed by atoms with Crippen LogP contribution in [0.1, 0.15) is 11.5 Å². The highest BCUT2D eigenvalue weighted by molar-refractivity contribution is 6.35. The summed E-state index contributed by atoms with van der Waals surface area (Å²) < 4.78 is 7.10. The molecule has 0 aliphatic carbocycles. The Morgan fingerprint density at radius 3 is 2.72 bits per heavy atom. The number of aryl methyl sites for hydroxylation is 3. The predicted molar refractivity (Wildman–Crippen MR) is 70.7 cm³/mol. The Bertz CT molecular complexity index is 723. The molecule has 0 bridgehead atoms. The van der Waals surface area contributed by atoms with Gasteiger partial charge in [-0.05, 0) is 31.5 Å². The number of nitrogens with zero attached hydrogens (tertiary/aromatic N) is 3. The molecule has 4 nitrogen and oxygen atoms in total. The fraction of sp³-hybridized carbons (Fsp3) is 0.231. The first-order chi connectivity index (χ1) is 8.58. The lowest BCUT2D eigenvalue weighted by molar-refractivity contribution is 0.393. The minimum absolute atomic E-state index is 0.683. The van der Waals surface area contributed by atoms with Crippen LogP contribution in [0.15, 0.2) is 23.0 Å². The zero-order valence-corrected chi connectivity index (χ0v) is 11.1. The summed E-state index contributed by atoms with van der Waals surface area (Å²) in [6, 6.07) is 3.94. The van der Waals surface area contributed by atoms with Crippen LogP contribution >= 0.6 is 11.6 Å². The van der Waals surface area contributed by atoms with Crippen LogP contribution in [0.25, 0.3) is 22.2 Å². The van der Waals surface area contributed by atoms with Gasteiger partial charge < -0.3 is 9.09 Å². The van der Waals surface area contributed by atoms with Crippen molar-refractivity contribution < 1.29 is 4.52 Å². The van der Waals surface area contributed by atoms with Gasteiger partial charge in [0.2, 0.25) is 0 Å². The molecule has 0 atom stereocenters. The van der Waals surface area contributed by atoms with E-state index in [1.807, 2.05) is 37.6 Å². The van der Waals surface area contributed by atoms with Gasteiger partial charge >= 0.3 is 0 Å². The molecule has 0 spiro atoms. The molecule has 0 aliphatic heterocycles. The molecule has 5 heteroatoms. The molecular formula is C13H12ClN3O. The molecule has 1 aromatic carbocycles. The normalized spacial score (nSPS) is 11.3. The van der Waals surface area contributed by atoms with Crippen molar-refractivity contribution >= 4 is 22.6 Å². The monoisotopic (exact) mass is 261 g/mol.